The van der Waals surface area contributed by atoms with Crippen LogP contribution in [0.5, 0.6) is 11.6 Å². The van der Waals surface area contributed by atoms with Gasteiger partial charge >= 0.3 is 0 Å². The van der Waals surface area contributed by atoms with E-state index in [0.717, 1.165) is 18.4 Å². The Labute approximate surface area is 170 Å². The van der Waals surface area contributed by atoms with Gasteiger partial charge in [0.1, 0.15) is 0 Å². The number of nitrogens with zero attached hydrogens (tertiary/aromatic N) is 2. The number of hydrogen-bond donors (Lipinski definition) is 2. The fraction of sp³-hybridized carbons (Fsp3) is 0.368. The molecule has 1 aromatic carbocycles. The first-order valence-corrected chi connectivity index (χ1v) is 8.64. The van der Waals surface area contributed by atoms with Crippen LogP contribution in [-0.2, 0) is 6.54 Å². The summed E-state index contributed by atoms with van der Waals surface area (Å²) in [6.07, 6.45) is 7.69. The fourth-order valence-corrected chi connectivity index (χ4v) is 2.92. The number of nitrogens with two attached hydrogens (primary N) is 1. The molecule has 1 aromatic heterocycles. The number of halogens is 2. The molecular formula is C19H24FIN4O. The van der Waals surface area contributed by atoms with Crippen molar-refractivity contribution in [1.82, 2.24) is 10.3 Å². The van der Waals surface area contributed by atoms with Gasteiger partial charge in [0.2, 0.25) is 5.88 Å². The van der Waals surface area contributed by atoms with Gasteiger partial charge in [0, 0.05) is 18.3 Å². The van der Waals surface area contributed by atoms with E-state index >= 15 is 0 Å². The van der Waals surface area contributed by atoms with Gasteiger partial charge in [-0.25, -0.2) is 14.4 Å². The molecule has 0 bridgehead atoms. The lowest BCUT2D eigenvalue weighted by Crippen LogP contribution is -2.41. The molecule has 2 aromatic rings. The van der Waals surface area contributed by atoms with Crippen LogP contribution in [-0.4, -0.2) is 17.0 Å². The molecule has 0 amide bonds. The fourth-order valence-electron chi connectivity index (χ4n) is 2.92. The van der Waals surface area contributed by atoms with Crippen molar-refractivity contribution in [2.75, 3.05) is 0 Å². The van der Waals surface area contributed by atoms with Crippen molar-refractivity contribution in [3.8, 4) is 11.6 Å². The van der Waals surface area contributed by atoms with E-state index in [-0.39, 0.29) is 29.7 Å². The summed E-state index contributed by atoms with van der Waals surface area (Å²) >= 11 is 0. The predicted molar refractivity (Wildman–Crippen MR) is 111 cm³/mol. The summed E-state index contributed by atoms with van der Waals surface area (Å²) in [5, 5.41) is 3.28. The van der Waals surface area contributed by atoms with Crippen molar-refractivity contribution in [3.05, 3.63) is 54.0 Å². The van der Waals surface area contributed by atoms with Crippen LogP contribution in [0.15, 0.2) is 47.6 Å². The molecule has 0 spiro atoms. The molecule has 1 aliphatic rings. The standard InChI is InChI=1S/C19H23FN4O.HI/c20-16-8-4-5-9-17(16)25-18-12-14(10-11-22-18)13-23-19(21)24-15-6-2-1-3-7-15;/h4-5,8-12,15H,1-3,6-7,13H2,(H3,21,23,24);1H. The Morgan fingerprint density at radius 2 is 2.00 bits per heavy atom. The van der Waals surface area contributed by atoms with Crippen LogP contribution in [0.4, 0.5) is 4.39 Å². The summed E-state index contributed by atoms with van der Waals surface area (Å²) in [7, 11) is 0. The van der Waals surface area contributed by atoms with E-state index in [1.54, 1.807) is 30.5 Å². The van der Waals surface area contributed by atoms with Crippen LogP contribution in [0, 0.1) is 5.82 Å². The molecule has 1 fully saturated rings. The van der Waals surface area contributed by atoms with Crippen molar-refractivity contribution < 1.29 is 9.13 Å². The van der Waals surface area contributed by atoms with E-state index < -0.39 is 5.82 Å². The molecule has 26 heavy (non-hydrogen) atoms. The summed E-state index contributed by atoms with van der Waals surface area (Å²) in [6.45, 7) is 0.418. The zero-order valence-corrected chi connectivity index (χ0v) is 16.9. The summed E-state index contributed by atoms with van der Waals surface area (Å²) in [5.74, 6) is 0.514. The van der Waals surface area contributed by atoms with Crippen LogP contribution in [0.1, 0.15) is 37.7 Å². The highest BCUT2D eigenvalue weighted by molar-refractivity contribution is 14.0. The van der Waals surface area contributed by atoms with Gasteiger partial charge in [0.15, 0.2) is 17.5 Å². The number of hydrogen-bond acceptors (Lipinski definition) is 3. The van der Waals surface area contributed by atoms with Gasteiger partial charge in [0.05, 0.1) is 6.54 Å². The lowest BCUT2D eigenvalue weighted by Gasteiger charge is -2.23. The second kappa shape index (κ2) is 10.3. The summed E-state index contributed by atoms with van der Waals surface area (Å²) in [6, 6.07) is 10.2. The first-order valence-electron chi connectivity index (χ1n) is 8.64. The van der Waals surface area contributed by atoms with E-state index in [4.69, 9.17) is 10.5 Å². The highest BCUT2D eigenvalue weighted by atomic mass is 127. The maximum absolute atomic E-state index is 13.7. The molecule has 1 heterocycles. The van der Waals surface area contributed by atoms with E-state index in [0.29, 0.717) is 24.4 Å². The van der Waals surface area contributed by atoms with Gasteiger partial charge in [-0.15, -0.1) is 24.0 Å². The first-order chi connectivity index (χ1) is 12.2. The number of guanidine groups is 1. The third kappa shape index (κ3) is 6.12. The van der Waals surface area contributed by atoms with E-state index in [1.165, 1.54) is 25.3 Å². The van der Waals surface area contributed by atoms with Crippen LogP contribution < -0.4 is 15.8 Å². The van der Waals surface area contributed by atoms with Gasteiger partial charge in [0.25, 0.3) is 0 Å². The number of pyridine rings is 1. The molecule has 3 N–H and O–H groups in total. The van der Waals surface area contributed by atoms with Crippen LogP contribution >= 0.6 is 24.0 Å². The molecule has 0 radical (unpaired) electrons. The minimum Gasteiger partial charge on any atom is -0.436 e. The van der Waals surface area contributed by atoms with Crippen molar-refractivity contribution in [2.24, 2.45) is 10.7 Å². The number of benzene rings is 1. The summed E-state index contributed by atoms with van der Waals surface area (Å²) in [5.41, 5.74) is 6.87. The van der Waals surface area contributed by atoms with Gasteiger partial charge in [-0.05, 0) is 36.6 Å². The molecule has 1 saturated carbocycles. The number of ether oxygens (including phenoxy) is 1. The topological polar surface area (TPSA) is 72.5 Å². The van der Waals surface area contributed by atoms with Crippen molar-refractivity contribution >= 4 is 29.9 Å². The smallest absolute Gasteiger partial charge is 0.219 e. The third-order valence-electron chi connectivity index (χ3n) is 4.24. The largest absolute Gasteiger partial charge is 0.436 e. The second-order valence-electron chi connectivity index (χ2n) is 6.22. The minimum atomic E-state index is -0.423. The second-order valence-corrected chi connectivity index (χ2v) is 6.22. The first kappa shape index (κ1) is 20.4. The number of nitrogens with one attached hydrogen (secondary N) is 1. The number of aromatic nitrogens is 1. The molecular weight excluding hydrogens is 446 g/mol. The summed E-state index contributed by atoms with van der Waals surface area (Å²) in [4.78, 5) is 8.49. The molecule has 3 rings (SSSR count). The molecule has 7 heteroatoms. The Hall–Kier alpha value is -1.90. The Balaban J connectivity index is 0.00000243. The average molecular weight is 470 g/mol. The Morgan fingerprint density at radius 3 is 2.77 bits per heavy atom. The molecule has 1 aliphatic carbocycles. The van der Waals surface area contributed by atoms with E-state index in [1.807, 2.05) is 6.07 Å². The zero-order chi connectivity index (χ0) is 17.5. The highest BCUT2D eigenvalue weighted by Gasteiger charge is 2.13. The SMILES string of the molecule is I.NC(=NCc1ccnc(Oc2ccccc2F)c1)NC1CCCCC1. The number of aliphatic imine (C=N–C) groups is 1. The molecule has 0 atom stereocenters. The van der Waals surface area contributed by atoms with Crippen LogP contribution in [0.2, 0.25) is 0 Å². The molecule has 0 unspecified atom stereocenters. The Kier molecular flexibility index (Phi) is 8.08. The van der Waals surface area contributed by atoms with Crippen LogP contribution in [0.25, 0.3) is 0 Å². The van der Waals surface area contributed by atoms with Crippen molar-refractivity contribution in [3.63, 3.8) is 0 Å². The average Bonchev–Trinajstić information content (AvgIpc) is 2.63. The maximum atomic E-state index is 13.7. The van der Waals surface area contributed by atoms with Crippen molar-refractivity contribution in [2.45, 2.75) is 44.7 Å². The van der Waals surface area contributed by atoms with E-state index in [9.17, 15) is 4.39 Å². The molecule has 140 valence electrons. The Bertz CT molecular complexity index is 735. The monoisotopic (exact) mass is 470 g/mol. The molecule has 0 saturated heterocycles. The Morgan fingerprint density at radius 1 is 1.23 bits per heavy atom. The molecule has 0 aliphatic heterocycles. The highest BCUT2D eigenvalue weighted by Crippen LogP contribution is 2.23. The number of rotatable bonds is 5. The molecule has 5 nitrogen and oxygen atoms in total. The van der Waals surface area contributed by atoms with Crippen LogP contribution in [0.3, 0.4) is 0 Å². The predicted octanol–water partition coefficient (Wildman–Crippen LogP) is 4.37. The van der Waals surface area contributed by atoms with Gasteiger partial charge in [-0.2, -0.15) is 0 Å². The minimum absolute atomic E-state index is 0. The van der Waals surface area contributed by atoms with Gasteiger partial charge in [-0.1, -0.05) is 31.4 Å². The zero-order valence-electron chi connectivity index (χ0n) is 14.5. The summed E-state index contributed by atoms with van der Waals surface area (Å²) < 4.78 is 19.1. The lowest BCUT2D eigenvalue weighted by atomic mass is 9.96. The van der Waals surface area contributed by atoms with Gasteiger partial charge in [-0.3, -0.25) is 0 Å². The van der Waals surface area contributed by atoms with Gasteiger partial charge < -0.3 is 15.8 Å². The van der Waals surface area contributed by atoms with E-state index in [2.05, 4.69) is 15.3 Å². The third-order valence-corrected chi connectivity index (χ3v) is 4.24. The normalized spacial score (nSPS) is 15.2. The quantitative estimate of drug-likeness (QED) is 0.387. The van der Waals surface area contributed by atoms with Crippen molar-refractivity contribution in [1.29, 1.82) is 0 Å². The maximum Gasteiger partial charge on any atom is 0.219 e. The number of para-hydroxylation sites is 1. The lowest BCUT2D eigenvalue weighted by molar-refractivity contribution is 0.412.